The van der Waals surface area contributed by atoms with Crippen molar-refractivity contribution >= 4 is 0 Å². The third-order valence-corrected chi connectivity index (χ3v) is 4.08. The van der Waals surface area contributed by atoms with Crippen LogP contribution in [-0.2, 0) is 6.42 Å². The Hall–Kier alpha value is -0.820. The fraction of sp³-hybridized carbons (Fsp3) is 0.571. The van der Waals surface area contributed by atoms with Crippen LogP contribution in [0.2, 0.25) is 0 Å². The molecule has 0 aliphatic heterocycles. The predicted molar refractivity (Wildman–Crippen MR) is 64.9 cm³/mol. The summed E-state index contributed by atoms with van der Waals surface area (Å²) < 4.78 is 0. The zero-order chi connectivity index (χ0) is 11.1. The van der Waals surface area contributed by atoms with Gasteiger partial charge in [0.1, 0.15) is 0 Å². The molecular formula is C14H21N. The molecule has 15 heavy (non-hydrogen) atoms. The molecule has 1 aliphatic carbocycles. The predicted octanol–water partition coefficient (Wildman–Crippen LogP) is 2.95. The number of hydrogen-bond acceptors (Lipinski definition) is 1. The van der Waals surface area contributed by atoms with Gasteiger partial charge in [-0.1, -0.05) is 45.0 Å². The Morgan fingerprint density at radius 1 is 1.27 bits per heavy atom. The van der Waals surface area contributed by atoms with E-state index < -0.39 is 0 Å². The van der Waals surface area contributed by atoms with E-state index in [1.54, 1.807) is 0 Å². The van der Waals surface area contributed by atoms with E-state index in [0.29, 0.717) is 17.3 Å². The van der Waals surface area contributed by atoms with Gasteiger partial charge in [0.25, 0.3) is 0 Å². The van der Waals surface area contributed by atoms with Crippen molar-refractivity contribution in [3.63, 3.8) is 0 Å². The Morgan fingerprint density at radius 2 is 1.93 bits per heavy atom. The highest BCUT2D eigenvalue weighted by Gasteiger charge is 2.57. The minimum Gasteiger partial charge on any atom is -0.330 e. The van der Waals surface area contributed by atoms with Crippen molar-refractivity contribution in [1.82, 2.24) is 0 Å². The van der Waals surface area contributed by atoms with Gasteiger partial charge in [-0.3, -0.25) is 0 Å². The lowest BCUT2D eigenvalue weighted by Crippen LogP contribution is -2.05. The molecule has 0 radical (unpaired) electrons. The molecule has 1 nitrogen and oxygen atoms in total. The molecule has 0 saturated heterocycles. The van der Waals surface area contributed by atoms with Crippen molar-refractivity contribution in [2.24, 2.45) is 17.1 Å². The molecule has 2 N–H and O–H groups in total. The lowest BCUT2D eigenvalue weighted by Gasteiger charge is -2.08. The van der Waals surface area contributed by atoms with Gasteiger partial charge < -0.3 is 5.73 Å². The first-order valence-electron chi connectivity index (χ1n) is 5.90. The summed E-state index contributed by atoms with van der Waals surface area (Å²) in [6.45, 7) is 7.71. The molecule has 1 saturated carbocycles. The average Bonchev–Trinajstić information content (AvgIpc) is 2.80. The molecule has 82 valence electrons. The van der Waals surface area contributed by atoms with E-state index in [2.05, 4.69) is 45.0 Å². The fourth-order valence-electron chi connectivity index (χ4n) is 2.96. The van der Waals surface area contributed by atoms with Crippen LogP contribution < -0.4 is 5.73 Å². The number of benzene rings is 1. The third-order valence-electron chi connectivity index (χ3n) is 4.08. The van der Waals surface area contributed by atoms with Gasteiger partial charge >= 0.3 is 0 Å². The van der Waals surface area contributed by atoms with Gasteiger partial charge in [-0.25, -0.2) is 0 Å². The molecule has 0 unspecified atom stereocenters. The van der Waals surface area contributed by atoms with E-state index in [4.69, 9.17) is 5.73 Å². The first kappa shape index (κ1) is 10.7. The maximum atomic E-state index is 5.83. The van der Waals surface area contributed by atoms with Crippen molar-refractivity contribution in [1.29, 1.82) is 0 Å². The Balaban J connectivity index is 2.32. The largest absolute Gasteiger partial charge is 0.330 e. The normalized spacial score (nSPS) is 27.7. The molecular weight excluding hydrogens is 182 g/mol. The van der Waals surface area contributed by atoms with E-state index in [1.165, 1.54) is 11.1 Å². The van der Waals surface area contributed by atoms with Crippen LogP contribution >= 0.6 is 0 Å². The lowest BCUT2D eigenvalue weighted by molar-refractivity contribution is 0.558. The maximum Gasteiger partial charge on any atom is -0.00375 e. The summed E-state index contributed by atoms with van der Waals surface area (Å²) in [6, 6.07) is 8.81. The van der Waals surface area contributed by atoms with Crippen LogP contribution in [0, 0.1) is 11.3 Å². The number of rotatable bonds is 3. The van der Waals surface area contributed by atoms with Crippen LogP contribution in [0.3, 0.4) is 0 Å². The average molecular weight is 203 g/mol. The van der Waals surface area contributed by atoms with Crippen molar-refractivity contribution in [3.05, 3.63) is 35.4 Å². The quantitative estimate of drug-likeness (QED) is 0.803. The summed E-state index contributed by atoms with van der Waals surface area (Å²) in [5.41, 5.74) is 9.25. The highest BCUT2D eigenvalue weighted by atomic mass is 14.7. The molecule has 1 aliphatic rings. The summed E-state index contributed by atoms with van der Waals surface area (Å²) in [7, 11) is 0. The molecule has 2 atom stereocenters. The number of nitrogens with two attached hydrogens (primary N) is 1. The third kappa shape index (κ3) is 1.59. The van der Waals surface area contributed by atoms with Crippen molar-refractivity contribution < 1.29 is 0 Å². The zero-order valence-electron chi connectivity index (χ0n) is 9.96. The van der Waals surface area contributed by atoms with Crippen molar-refractivity contribution in [3.8, 4) is 0 Å². The van der Waals surface area contributed by atoms with Crippen LogP contribution in [-0.4, -0.2) is 6.54 Å². The minimum atomic E-state index is 0.403. The number of hydrogen-bond donors (Lipinski definition) is 1. The van der Waals surface area contributed by atoms with Gasteiger partial charge in [0.05, 0.1) is 0 Å². The van der Waals surface area contributed by atoms with Gasteiger partial charge in [0, 0.05) is 0 Å². The summed E-state index contributed by atoms with van der Waals surface area (Å²) in [5.74, 6) is 1.35. The molecule has 0 bridgehead atoms. The van der Waals surface area contributed by atoms with Gasteiger partial charge in [-0.2, -0.15) is 0 Å². The van der Waals surface area contributed by atoms with Crippen molar-refractivity contribution in [2.45, 2.75) is 33.1 Å². The Kier molecular flexibility index (Phi) is 2.59. The SMILES string of the molecule is CCc1ccccc1[C@@H]1[C@@H](CN)C1(C)C. The topological polar surface area (TPSA) is 26.0 Å². The second kappa shape index (κ2) is 3.64. The standard InChI is InChI=1S/C14H21N/c1-4-10-7-5-6-8-11(10)13-12(9-15)14(13,2)3/h5-8,12-13H,4,9,15H2,1-3H3/t12-,13-/m1/s1. The fourth-order valence-corrected chi connectivity index (χ4v) is 2.96. The lowest BCUT2D eigenvalue weighted by atomic mass is 9.97. The minimum absolute atomic E-state index is 0.403. The molecule has 2 rings (SSSR count). The monoisotopic (exact) mass is 203 g/mol. The molecule has 0 aromatic heterocycles. The van der Waals surface area contributed by atoms with Gasteiger partial charge in [0.2, 0.25) is 0 Å². The second-order valence-corrected chi connectivity index (χ2v) is 5.19. The van der Waals surface area contributed by atoms with E-state index in [1.807, 2.05) is 0 Å². The van der Waals surface area contributed by atoms with E-state index in [-0.39, 0.29) is 0 Å². The van der Waals surface area contributed by atoms with Crippen LogP contribution in [0.5, 0.6) is 0 Å². The Morgan fingerprint density at radius 3 is 2.47 bits per heavy atom. The van der Waals surface area contributed by atoms with Crippen LogP contribution in [0.15, 0.2) is 24.3 Å². The van der Waals surface area contributed by atoms with E-state index in [9.17, 15) is 0 Å². The van der Waals surface area contributed by atoms with Gasteiger partial charge in [-0.05, 0) is 41.3 Å². The number of aryl methyl sites for hydroxylation is 1. The molecule has 1 fully saturated rings. The van der Waals surface area contributed by atoms with Gasteiger partial charge in [0.15, 0.2) is 0 Å². The molecule has 0 spiro atoms. The van der Waals surface area contributed by atoms with Gasteiger partial charge in [-0.15, -0.1) is 0 Å². The first-order valence-corrected chi connectivity index (χ1v) is 5.90. The molecule has 0 heterocycles. The summed E-state index contributed by atoms with van der Waals surface area (Å²) in [5, 5.41) is 0. The second-order valence-electron chi connectivity index (χ2n) is 5.19. The zero-order valence-corrected chi connectivity index (χ0v) is 9.96. The maximum absolute atomic E-state index is 5.83. The summed E-state index contributed by atoms with van der Waals surface area (Å²) in [4.78, 5) is 0. The Bertz CT molecular complexity index is 354. The van der Waals surface area contributed by atoms with E-state index in [0.717, 1.165) is 13.0 Å². The Labute approximate surface area is 92.7 Å². The molecule has 1 heteroatoms. The molecule has 1 aromatic rings. The molecule has 0 amide bonds. The van der Waals surface area contributed by atoms with E-state index >= 15 is 0 Å². The van der Waals surface area contributed by atoms with Crippen molar-refractivity contribution in [2.75, 3.05) is 6.54 Å². The summed E-state index contributed by atoms with van der Waals surface area (Å²) >= 11 is 0. The molecule has 1 aromatic carbocycles. The summed E-state index contributed by atoms with van der Waals surface area (Å²) in [6.07, 6.45) is 1.13. The van der Waals surface area contributed by atoms with Crippen LogP contribution in [0.25, 0.3) is 0 Å². The smallest absolute Gasteiger partial charge is 0.00375 e. The first-order chi connectivity index (χ1) is 7.12. The highest BCUT2D eigenvalue weighted by Crippen LogP contribution is 2.64. The highest BCUT2D eigenvalue weighted by molar-refractivity contribution is 5.38. The van der Waals surface area contributed by atoms with Crippen LogP contribution in [0.4, 0.5) is 0 Å². The van der Waals surface area contributed by atoms with Crippen LogP contribution in [0.1, 0.15) is 37.8 Å².